The summed E-state index contributed by atoms with van der Waals surface area (Å²) in [5.74, 6) is 1.66. The Hall–Kier alpha value is -2.60. The maximum absolute atomic E-state index is 13.8. The van der Waals surface area contributed by atoms with E-state index in [1.807, 2.05) is 24.3 Å². The molecule has 1 N–H and O–H groups in total. The zero-order valence-corrected chi connectivity index (χ0v) is 21.8. The Morgan fingerprint density at radius 1 is 1.15 bits per heavy atom. The number of nitrogens with zero attached hydrogens (tertiary/aromatic N) is 2. The lowest BCUT2D eigenvalue weighted by Gasteiger charge is -2.14. The molecule has 184 valence electrons. The van der Waals surface area contributed by atoms with Gasteiger partial charge in [-0.25, -0.2) is 4.98 Å². The number of unbranched alkanes of at least 4 members (excludes halogenated alkanes) is 2. The predicted molar refractivity (Wildman–Crippen MR) is 144 cm³/mol. The molecule has 0 spiro atoms. The van der Waals surface area contributed by atoms with E-state index < -0.39 is 0 Å². The first-order chi connectivity index (χ1) is 16.5. The Labute approximate surface area is 206 Å². The summed E-state index contributed by atoms with van der Waals surface area (Å²) in [5.41, 5.74) is 1.04. The van der Waals surface area contributed by atoms with Crippen molar-refractivity contribution in [3.63, 3.8) is 0 Å². The monoisotopic (exact) mass is 482 g/mol. The van der Waals surface area contributed by atoms with Gasteiger partial charge in [-0.1, -0.05) is 58.6 Å². The molecule has 0 aliphatic rings. The van der Waals surface area contributed by atoms with E-state index in [1.165, 1.54) is 30.6 Å². The fourth-order valence-electron chi connectivity index (χ4n) is 4.29. The van der Waals surface area contributed by atoms with Crippen molar-refractivity contribution in [1.82, 2.24) is 9.55 Å². The van der Waals surface area contributed by atoms with Crippen LogP contribution in [0.4, 0.5) is 0 Å². The molecule has 0 radical (unpaired) electrons. The average Bonchev–Trinajstić information content (AvgIpc) is 3.20. The maximum Gasteiger partial charge on any atom is 0.263 e. The van der Waals surface area contributed by atoms with Crippen molar-refractivity contribution in [2.24, 2.45) is 5.92 Å². The van der Waals surface area contributed by atoms with Gasteiger partial charge in [0.1, 0.15) is 16.4 Å². The third-order valence-corrected chi connectivity index (χ3v) is 7.41. The fourth-order valence-corrected chi connectivity index (χ4v) is 5.37. The van der Waals surface area contributed by atoms with Gasteiger partial charge < -0.3 is 9.84 Å². The fraction of sp³-hybridized carbons (Fsp3) is 0.500. The molecule has 2 heterocycles. The molecular weight excluding hydrogens is 444 g/mol. The molecule has 34 heavy (non-hydrogen) atoms. The minimum Gasteiger partial charge on any atom is -0.506 e. The van der Waals surface area contributed by atoms with Crippen LogP contribution < -0.4 is 5.56 Å². The van der Waals surface area contributed by atoms with Gasteiger partial charge in [0.2, 0.25) is 0 Å². The van der Waals surface area contributed by atoms with Gasteiger partial charge in [-0.2, -0.15) is 0 Å². The summed E-state index contributed by atoms with van der Waals surface area (Å²) in [6, 6.07) is 3.91. The molecule has 0 bridgehead atoms. The third-order valence-electron chi connectivity index (χ3n) is 6.29. The van der Waals surface area contributed by atoms with Gasteiger partial charge in [-0.15, -0.1) is 11.3 Å². The van der Waals surface area contributed by atoms with Crippen molar-refractivity contribution in [3.8, 4) is 5.75 Å². The van der Waals surface area contributed by atoms with Crippen molar-refractivity contribution in [3.05, 3.63) is 58.4 Å². The Kier molecular flexibility index (Phi) is 9.75. The number of ether oxygens (including phenoxy) is 1. The summed E-state index contributed by atoms with van der Waals surface area (Å²) in [6.45, 7) is 7.10. The molecule has 2 aromatic heterocycles. The Bertz CT molecular complexity index is 1210. The number of thiophene rings is 1. The summed E-state index contributed by atoms with van der Waals surface area (Å²) in [4.78, 5) is 19.5. The molecule has 5 nitrogen and oxygen atoms in total. The molecule has 0 amide bonds. The first-order valence-electron chi connectivity index (χ1n) is 12.5. The summed E-state index contributed by atoms with van der Waals surface area (Å²) in [5, 5.41) is 12.2. The lowest BCUT2D eigenvalue weighted by molar-refractivity contribution is 0.338. The number of benzene rings is 1. The topological polar surface area (TPSA) is 64.3 Å². The lowest BCUT2D eigenvalue weighted by atomic mass is 9.99. The predicted octanol–water partition coefficient (Wildman–Crippen LogP) is 7.13. The van der Waals surface area contributed by atoms with Crippen LogP contribution in [0.5, 0.6) is 5.75 Å². The first kappa shape index (κ1) is 26.0. The SMILES string of the molecule is CCCCc1cc(O)c2sc3nc(CCC(C)CCCC)n(C/C=C/C=C\OC)c(=O)c3c2c1. The molecule has 0 saturated carbocycles. The third kappa shape index (κ3) is 6.29. The van der Waals surface area contributed by atoms with Gasteiger partial charge >= 0.3 is 0 Å². The number of hydrogen-bond acceptors (Lipinski definition) is 5. The molecule has 0 fully saturated rings. The smallest absolute Gasteiger partial charge is 0.263 e. The van der Waals surface area contributed by atoms with Crippen LogP contribution in [-0.4, -0.2) is 21.8 Å². The van der Waals surface area contributed by atoms with Crippen LogP contribution in [-0.2, 0) is 24.1 Å². The van der Waals surface area contributed by atoms with E-state index >= 15 is 0 Å². The first-order valence-corrected chi connectivity index (χ1v) is 13.3. The molecule has 0 aliphatic heterocycles. The number of methoxy groups -OCH3 is 1. The van der Waals surface area contributed by atoms with Crippen LogP contribution in [0.15, 0.2) is 41.4 Å². The second-order valence-electron chi connectivity index (χ2n) is 9.10. The summed E-state index contributed by atoms with van der Waals surface area (Å²) >= 11 is 1.42. The minimum absolute atomic E-state index is 0.0279. The Morgan fingerprint density at radius 2 is 1.94 bits per heavy atom. The highest BCUT2D eigenvalue weighted by molar-refractivity contribution is 7.25. The van der Waals surface area contributed by atoms with Crippen molar-refractivity contribution in [2.75, 3.05) is 7.11 Å². The largest absolute Gasteiger partial charge is 0.506 e. The number of allylic oxidation sites excluding steroid dienone is 3. The zero-order chi connectivity index (χ0) is 24.5. The van der Waals surface area contributed by atoms with Crippen LogP contribution in [0.3, 0.4) is 0 Å². The van der Waals surface area contributed by atoms with Gasteiger partial charge in [0.05, 0.1) is 23.5 Å². The van der Waals surface area contributed by atoms with E-state index in [9.17, 15) is 9.90 Å². The lowest BCUT2D eigenvalue weighted by Crippen LogP contribution is -2.25. The molecule has 3 aromatic rings. The number of aromatic hydroxyl groups is 1. The molecule has 1 atom stereocenters. The number of hydrogen-bond donors (Lipinski definition) is 1. The number of phenolic OH excluding ortho intramolecular Hbond substituents is 1. The molecule has 6 heteroatoms. The van der Waals surface area contributed by atoms with Gasteiger partial charge in [0.15, 0.2) is 0 Å². The second-order valence-corrected chi connectivity index (χ2v) is 10.1. The van der Waals surface area contributed by atoms with E-state index in [0.717, 1.165) is 58.4 Å². The van der Waals surface area contributed by atoms with E-state index in [4.69, 9.17) is 9.72 Å². The number of aryl methyl sites for hydroxylation is 2. The Morgan fingerprint density at radius 3 is 2.68 bits per heavy atom. The second kappa shape index (κ2) is 12.7. The number of phenols is 1. The molecule has 1 unspecified atom stereocenters. The van der Waals surface area contributed by atoms with E-state index in [-0.39, 0.29) is 11.3 Å². The number of rotatable bonds is 13. The quantitative estimate of drug-likeness (QED) is 0.208. The van der Waals surface area contributed by atoms with Crippen LogP contribution in [0.1, 0.15) is 70.7 Å². The molecular formula is C28H38N2O3S. The van der Waals surface area contributed by atoms with Crippen LogP contribution >= 0.6 is 11.3 Å². The highest BCUT2D eigenvalue weighted by Gasteiger charge is 2.18. The van der Waals surface area contributed by atoms with Gasteiger partial charge in [0.25, 0.3) is 5.56 Å². The van der Waals surface area contributed by atoms with Crippen molar-refractivity contribution in [1.29, 1.82) is 0 Å². The summed E-state index contributed by atoms with van der Waals surface area (Å²) < 4.78 is 7.50. The normalized spacial score (nSPS) is 13.1. The highest BCUT2D eigenvalue weighted by Crippen LogP contribution is 2.38. The zero-order valence-electron chi connectivity index (χ0n) is 21.0. The summed E-state index contributed by atoms with van der Waals surface area (Å²) in [6.07, 6.45) is 15.7. The summed E-state index contributed by atoms with van der Waals surface area (Å²) in [7, 11) is 1.61. The maximum atomic E-state index is 13.8. The Balaban J connectivity index is 2.07. The van der Waals surface area contributed by atoms with Crippen molar-refractivity contribution >= 4 is 31.6 Å². The molecule has 0 saturated heterocycles. The average molecular weight is 483 g/mol. The molecule has 0 aliphatic carbocycles. The van der Waals surface area contributed by atoms with Crippen molar-refractivity contribution in [2.45, 2.75) is 78.7 Å². The number of fused-ring (bicyclic) bond motifs is 3. The number of aromatic nitrogens is 2. The van der Waals surface area contributed by atoms with E-state index in [2.05, 4.69) is 26.8 Å². The van der Waals surface area contributed by atoms with Crippen molar-refractivity contribution < 1.29 is 9.84 Å². The van der Waals surface area contributed by atoms with Gasteiger partial charge in [-0.3, -0.25) is 9.36 Å². The van der Waals surface area contributed by atoms with Crippen LogP contribution in [0.25, 0.3) is 20.3 Å². The van der Waals surface area contributed by atoms with Crippen LogP contribution in [0, 0.1) is 5.92 Å². The highest BCUT2D eigenvalue weighted by atomic mass is 32.1. The van der Waals surface area contributed by atoms with Crippen LogP contribution in [0.2, 0.25) is 0 Å². The van der Waals surface area contributed by atoms with Gasteiger partial charge in [-0.05, 0) is 49.0 Å². The van der Waals surface area contributed by atoms with E-state index in [0.29, 0.717) is 17.8 Å². The standard InChI is InChI=1S/C28H38N2O3S/c1-5-7-12-20(3)14-15-24-29-27-25(28(32)30(24)16-10-9-11-17-33-4)22-18-21(13-8-6-2)19-23(31)26(22)34-27/h9-11,17-20,31H,5-8,12-16H2,1-4H3/b10-9+,17-11-. The molecule has 1 aromatic carbocycles. The minimum atomic E-state index is -0.0279. The van der Waals surface area contributed by atoms with Gasteiger partial charge in [0, 0.05) is 18.4 Å². The molecule has 3 rings (SSSR count). The van der Waals surface area contributed by atoms with E-state index in [1.54, 1.807) is 17.9 Å².